The predicted molar refractivity (Wildman–Crippen MR) is 101 cm³/mol. The average molecular weight is 369 g/mol. The molecule has 0 bridgehead atoms. The number of hydrogen-bond donors (Lipinski definition) is 2. The highest BCUT2D eigenvalue weighted by atomic mass is 35.5. The molecule has 6 heteroatoms. The molecule has 1 amide bonds. The molecule has 140 valence electrons. The standard InChI is InChI=1S/C19H28N2O3.ClH/c20-12-15-2-1-3-18(15)19(22)21-16-4-6-17(7-5-16)24-13-14-8-10-23-11-9-14;/h4-7,14-15,18H,1-3,8-13,20H2,(H,21,22);1H/t15-,18-;/m1./s1. The lowest BCUT2D eigenvalue weighted by atomic mass is 9.95. The molecule has 5 nitrogen and oxygen atoms in total. The number of carbonyl (C=O) groups is 1. The molecule has 1 aromatic rings. The highest BCUT2D eigenvalue weighted by molar-refractivity contribution is 5.93. The van der Waals surface area contributed by atoms with Gasteiger partial charge < -0.3 is 20.5 Å². The molecule has 3 rings (SSSR count). The second-order valence-electron chi connectivity index (χ2n) is 6.91. The number of rotatable bonds is 6. The normalized spacial score (nSPS) is 23.7. The van der Waals surface area contributed by atoms with E-state index in [0.717, 1.165) is 63.4 Å². The summed E-state index contributed by atoms with van der Waals surface area (Å²) in [5.41, 5.74) is 6.59. The van der Waals surface area contributed by atoms with Crippen LogP contribution < -0.4 is 15.8 Å². The molecule has 0 spiro atoms. The Bertz CT molecular complexity index is 532. The number of hydrogen-bond acceptors (Lipinski definition) is 4. The van der Waals surface area contributed by atoms with Gasteiger partial charge in [-0.3, -0.25) is 4.79 Å². The maximum atomic E-state index is 12.4. The van der Waals surface area contributed by atoms with Crippen LogP contribution >= 0.6 is 12.4 Å². The van der Waals surface area contributed by atoms with Gasteiger partial charge in [-0.25, -0.2) is 0 Å². The molecule has 1 aliphatic heterocycles. The van der Waals surface area contributed by atoms with Gasteiger partial charge in [-0.1, -0.05) is 6.42 Å². The number of carbonyl (C=O) groups excluding carboxylic acids is 1. The largest absolute Gasteiger partial charge is 0.493 e. The van der Waals surface area contributed by atoms with Crippen molar-refractivity contribution in [3.63, 3.8) is 0 Å². The molecular formula is C19H29ClN2O3. The van der Waals surface area contributed by atoms with Crippen LogP contribution in [0.15, 0.2) is 24.3 Å². The second-order valence-corrected chi connectivity index (χ2v) is 6.91. The summed E-state index contributed by atoms with van der Waals surface area (Å²) in [6, 6.07) is 7.65. The third-order valence-corrected chi connectivity index (χ3v) is 5.25. The Morgan fingerprint density at radius 1 is 1.16 bits per heavy atom. The van der Waals surface area contributed by atoms with E-state index in [1.165, 1.54) is 0 Å². The van der Waals surface area contributed by atoms with Gasteiger partial charge in [0.25, 0.3) is 0 Å². The Balaban J connectivity index is 0.00000225. The number of anilines is 1. The first-order valence-electron chi connectivity index (χ1n) is 9.08. The Morgan fingerprint density at radius 3 is 2.56 bits per heavy atom. The summed E-state index contributed by atoms with van der Waals surface area (Å²) in [7, 11) is 0. The number of benzene rings is 1. The molecule has 0 aromatic heterocycles. The summed E-state index contributed by atoms with van der Waals surface area (Å²) in [5.74, 6) is 1.90. The number of nitrogens with one attached hydrogen (secondary N) is 1. The maximum absolute atomic E-state index is 12.4. The van der Waals surface area contributed by atoms with E-state index in [1.807, 2.05) is 24.3 Å². The highest BCUT2D eigenvalue weighted by Crippen LogP contribution is 2.32. The number of halogens is 1. The Hall–Kier alpha value is -1.30. The van der Waals surface area contributed by atoms with Gasteiger partial charge in [-0.05, 0) is 68.3 Å². The number of amides is 1. The molecule has 2 fully saturated rings. The van der Waals surface area contributed by atoms with Crippen LogP contribution in [0.1, 0.15) is 32.1 Å². The van der Waals surface area contributed by atoms with Gasteiger partial charge in [0, 0.05) is 24.8 Å². The first-order valence-corrected chi connectivity index (χ1v) is 9.08. The lowest BCUT2D eigenvalue weighted by molar-refractivity contribution is -0.120. The minimum atomic E-state index is 0. The monoisotopic (exact) mass is 368 g/mol. The van der Waals surface area contributed by atoms with Crippen LogP contribution in [0.5, 0.6) is 5.75 Å². The van der Waals surface area contributed by atoms with Crippen molar-refractivity contribution in [1.82, 2.24) is 0 Å². The zero-order chi connectivity index (χ0) is 16.8. The quantitative estimate of drug-likeness (QED) is 0.808. The van der Waals surface area contributed by atoms with Crippen molar-refractivity contribution in [2.75, 3.05) is 31.7 Å². The van der Waals surface area contributed by atoms with Crippen molar-refractivity contribution in [1.29, 1.82) is 0 Å². The van der Waals surface area contributed by atoms with Crippen LogP contribution in [0.3, 0.4) is 0 Å². The van der Waals surface area contributed by atoms with Gasteiger partial charge >= 0.3 is 0 Å². The van der Waals surface area contributed by atoms with Crippen LogP contribution in [0, 0.1) is 17.8 Å². The van der Waals surface area contributed by atoms with E-state index < -0.39 is 0 Å². The van der Waals surface area contributed by atoms with E-state index in [0.29, 0.717) is 18.4 Å². The summed E-state index contributed by atoms with van der Waals surface area (Å²) >= 11 is 0. The van der Waals surface area contributed by atoms with Crippen LogP contribution in [0.4, 0.5) is 5.69 Å². The topological polar surface area (TPSA) is 73.6 Å². The van der Waals surface area contributed by atoms with Gasteiger partial charge in [0.05, 0.1) is 6.61 Å². The van der Waals surface area contributed by atoms with E-state index in [9.17, 15) is 4.79 Å². The molecule has 0 unspecified atom stereocenters. The van der Waals surface area contributed by atoms with Crippen molar-refractivity contribution in [3.8, 4) is 5.75 Å². The molecule has 2 aliphatic rings. The molecule has 1 aliphatic carbocycles. The van der Waals surface area contributed by atoms with E-state index in [4.69, 9.17) is 15.2 Å². The second kappa shape index (κ2) is 10.00. The van der Waals surface area contributed by atoms with Gasteiger partial charge in [0.2, 0.25) is 5.91 Å². The van der Waals surface area contributed by atoms with E-state index in [-0.39, 0.29) is 24.2 Å². The zero-order valence-corrected chi connectivity index (χ0v) is 15.4. The van der Waals surface area contributed by atoms with Crippen molar-refractivity contribution >= 4 is 24.0 Å². The zero-order valence-electron chi connectivity index (χ0n) is 14.6. The summed E-state index contributed by atoms with van der Waals surface area (Å²) in [6.07, 6.45) is 5.24. The summed E-state index contributed by atoms with van der Waals surface area (Å²) in [4.78, 5) is 12.4. The van der Waals surface area contributed by atoms with Gasteiger partial charge in [-0.15, -0.1) is 12.4 Å². The molecule has 0 radical (unpaired) electrons. The number of nitrogens with two attached hydrogens (primary N) is 1. The van der Waals surface area contributed by atoms with Crippen LogP contribution in [-0.4, -0.2) is 32.3 Å². The molecule has 1 aromatic carbocycles. The van der Waals surface area contributed by atoms with E-state index in [1.54, 1.807) is 0 Å². The first-order chi connectivity index (χ1) is 11.8. The highest BCUT2D eigenvalue weighted by Gasteiger charge is 2.31. The van der Waals surface area contributed by atoms with E-state index in [2.05, 4.69) is 5.32 Å². The lowest BCUT2D eigenvalue weighted by Crippen LogP contribution is -2.29. The third kappa shape index (κ3) is 5.59. The SMILES string of the molecule is Cl.NC[C@H]1CCC[C@H]1C(=O)Nc1ccc(OCC2CCOCC2)cc1. The minimum absolute atomic E-state index is 0. The van der Waals surface area contributed by atoms with Gasteiger partial charge in [0.1, 0.15) is 5.75 Å². The van der Waals surface area contributed by atoms with E-state index >= 15 is 0 Å². The molecule has 1 saturated heterocycles. The molecule has 1 saturated carbocycles. The van der Waals surface area contributed by atoms with Crippen LogP contribution in [0.2, 0.25) is 0 Å². The van der Waals surface area contributed by atoms with Gasteiger partial charge in [-0.2, -0.15) is 0 Å². The van der Waals surface area contributed by atoms with Crippen molar-refractivity contribution in [2.24, 2.45) is 23.5 Å². The van der Waals surface area contributed by atoms with Crippen molar-refractivity contribution < 1.29 is 14.3 Å². The molecule has 25 heavy (non-hydrogen) atoms. The fourth-order valence-electron chi connectivity index (χ4n) is 3.66. The fraction of sp³-hybridized carbons (Fsp3) is 0.632. The summed E-state index contributed by atoms with van der Waals surface area (Å²) in [6.45, 7) is 3.00. The van der Waals surface area contributed by atoms with Crippen molar-refractivity contribution in [2.45, 2.75) is 32.1 Å². The summed E-state index contributed by atoms with van der Waals surface area (Å²) < 4.78 is 11.2. The molecule has 2 atom stereocenters. The predicted octanol–water partition coefficient (Wildman–Crippen LogP) is 3.23. The third-order valence-electron chi connectivity index (χ3n) is 5.25. The molecule has 3 N–H and O–H groups in total. The Kier molecular flexibility index (Phi) is 8.00. The maximum Gasteiger partial charge on any atom is 0.227 e. The average Bonchev–Trinajstić information content (AvgIpc) is 3.11. The molecular weight excluding hydrogens is 340 g/mol. The summed E-state index contributed by atoms with van der Waals surface area (Å²) in [5, 5.41) is 3.01. The van der Waals surface area contributed by atoms with Crippen molar-refractivity contribution in [3.05, 3.63) is 24.3 Å². The Morgan fingerprint density at radius 2 is 1.88 bits per heavy atom. The smallest absolute Gasteiger partial charge is 0.227 e. The van der Waals surface area contributed by atoms with Crippen LogP contribution in [0.25, 0.3) is 0 Å². The van der Waals surface area contributed by atoms with Gasteiger partial charge in [0.15, 0.2) is 0 Å². The van der Waals surface area contributed by atoms with Crippen LogP contribution in [-0.2, 0) is 9.53 Å². The number of ether oxygens (including phenoxy) is 2. The molecule has 1 heterocycles. The Labute approximate surface area is 156 Å². The minimum Gasteiger partial charge on any atom is -0.493 e. The fourth-order valence-corrected chi connectivity index (χ4v) is 3.66. The first kappa shape index (κ1) is 20.0. The lowest BCUT2D eigenvalue weighted by Gasteiger charge is -2.22.